The summed E-state index contributed by atoms with van der Waals surface area (Å²) < 4.78 is 10.3. The van der Waals surface area contributed by atoms with E-state index < -0.39 is 21.2 Å². The van der Waals surface area contributed by atoms with Crippen molar-refractivity contribution in [3.8, 4) is 0 Å². The lowest BCUT2D eigenvalue weighted by molar-refractivity contribution is -0.137. The van der Waals surface area contributed by atoms with Crippen LogP contribution in [-0.2, 0) is 18.4 Å². The molecule has 0 aliphatic carbocycles. The van der Waals surface area contributed by atoms with Gasteiger partial charge in [0.05, 0.1) is 0 Å². The molecule has 2 rings (SSSR count). The van der Waals surface area contributed by atoms with Gasteiger partial charge >= 0.3 is 9.28 Å². The number of nitrogens with one attached hydrogen (secondary N) is 1. The lowest BCUT2D eigenvalue weighted by Gasteiger charge is -2.19. The molecule has 1 aromatic carbocycles. The second-order valence-electron chi connectivity index (χ2n) is 5.07. The van der Waals surface area contributed by atoms with Crippen LogP contribution in [0.5, 0.6) is 0 Å². The van der Waals surface area contributed by atoms with Crippen LogP contribution < -0.4 is 16.2 Å². The molecule has 0 aromatic heterocycles. The van der Waals surface area contributed by atoms with Crippen molar-refractivity contribution in [1.82, 2.24) is 5.32 Å². The van der Waals surface area contributed by atoms with Crippen molar-refractivity contribution in [2.75, 3.05) is 13.1 Å². The zero-order valence-electron chi connectivity index (χ0n) is 13.3. The third kappa shape index (κ3) is 6.38. The summed E-state index contributed by atoms with van der Waals surface area (Å²) in [6, 6.07) is 7.04. The topological polar surface area (TPSA) is 90.6 Å². The zero-order valence-corrected chi connectivity index (χ0v) is 14.5. The molecule has 1 aliphatic rings. The Morgan fingerprint density at radius 3 is 2.00 bits per heavy atom. The number of carbonyl (C=O) groups excluding carboxylic acids is 2. The number of rotatable bonds is 4. The fourth-order valence-corrected chi connectivity index (χ4v) is 3.57. The monoisotopic (exact) mass is 324 g/mol. The highest BCUT2D eigenvalue weighted by Crippen LogP contribution is 2.08. The van der Waals surface area contributed by atoms with Crippen LogP contribution in [0.3, 0.4) is 0 Å². The third-order valence-electron chi connectivity index (χ3n) is 2.99. The molecule has 1 fully saturated rings. The SMILES string of the molecule is C1CNC1.CC(=O)O[SiH](OC(C)=O)c1ccccc1C(C)N. The third-order valence-corrected chi connectivity index (χ3v) is 5.12. The van der Waals surface area contributed by atoms with Gasteiger partial charge in [-0.05, 0) is 32.0 Å². The van der Waals surface area contributed by atoms with E-state index >= 15 is 0 Å². The van der Waals surface area contributed by atoms with Crippen molar-refractivity contribution in [2.24, 2.45) is 5.73 Å². The molecule has 22 heavy (non-hydrogen) atoms. The van der Waals surface area contributed by atoms with Gasteiger partial charge in [-0.2, -0.15) is 0 Å². The predicted molar refractivity (Wildman–Crippen MR) is 86.8 cm³/mol. The summed E-state index contributed by atoms with van der Waals surface area (Å²) in [4.78, 5) is 22.2. The Bertz CT molecular complexity index is 484. The van der Waals surface area contributed by atoms with Crippen molar-refractivity contribution >= 4 is 26.4 Å². The first-order valence-corrected chi connectivity index (χ1v) is 8.83. The maximum Gasteiger partial charge on any atom is 0.483 e. The molecule has 3 N–H and O–H groups in total. The quantitative estimate of drug-likeness (QED) is 0.771. The normalized spacial score (nSPS) is 14.2. The van der Waals surface area contributed by atoms with Gasteiger partial charge in [0.1, 0.15) is 0 Å². The van der Waals surface area contributed by atoms with E-state index in [0.717, 1.165) is 10.8 Å². The highest BCUT2D eigenvalue weighted by Gasteiger charge is 2.26. The van der Waals surface area contributed by atoms with Gasteiger partial charge in [0.2, 0.25) is 0 Å². The Hall–Kier alpha value is -1.70. The van der Waals surface area contributed by atoms with E-state index in [1.807, 2.05) is 19.1 Å². The van der Waals surface area contributed by atoms with E-state index in [1.54, 1.807) is 12.1 Å². The van der Waals surface area contributed by atoms with Crippen LogP contribution in [0.1, 0.15) is 38.8 Å². The number of nitrogens with two attached hydrogens (primary N) is 1. The molecule has 1 aliphatic heterocycles. The van der Waals surface area contributed by atoms with Gasteiger partial charge in [-0.1, -0.05) is 24.3 Å². The highest BCUT2D eigenvalue weighted by atomic mass is 28.3. The average Bonchev–Trinajstić information content (AvgIpc) is 2.34. The van der Waals surface area contributed by atoms with E-state index in [-0.39, 0.29) is 6.04 Å². The van der Waals surface area contributed by atoms with Crippen LogP contribution in [0, 0.1) is 0 Å². The zero-order chi connectivity index (χ0) is 16.5. The fourth-order valence-electron chi connectivity index (χ4n) is 1.77. The molecule has 6 nitrogen and oxygen atoms in total. The largest absolute Gasteiger partial charge is 0.484 e. The fraction of sp³-hybridized carbons (Fsp3) is 0.467. The summed E-state index contributed by atoms with van der Waals surface area (Å²) in [6.07, 6.45) is 1.39. The molecule has 1 atom stereocenters. The van der Waals surface area contributed by atoms with E-state index in [9.17, 15) is 9.59 Å². The van der Waals surface area contributed by atoms with Gasteiger partial charge < -0.3 is 19.9 Å². The Morgan fingerprint density at radius 2 is 1.64 bits per heavy atom. The first-order chi connectivity index (χ1) is 10.4. The lowest BCUT2D eigenvalue weighted by atomic mass is 10.1. The summed E-state index contributed by atoms with van der Waals surface area (Å²) in [5.41, 5.74) is 6.69. The minimum Gasteiger partial charge on any atom is -0.484 e. The molecule has 0 radical (unpaired) electrons. The molecule has 1 heterocycles. The minimum absolute atomic E-state index is 0.220. The van der Waals surface area contributed by atoms with Crippen molar-refractivity contribution in [1.29, 1.82) is 0 Å². The first kappa shape index (κ1) is 18.3. The van der Waals surface area contributed by atoms with Crippen LogP contribution in [0.4, 0.5) is 0 Å². The molecule has 1 saturated heterocycles. The molecule has 122 valence electrons. The minimum atomic E-state index is -2.58. The van der Waals surface area contributed by atoms with Crippen LogP contribution >= 0.6 is 0 Å². The van der Waals surface area contributed by atoms with Gasteiger partial charge in [-0.3, -0.25) is 9.59 Å². The smallest absolute Gasteiger partial charge is 0.483 e. The van der Waals surface area contributed by atoms with Gasteiger partial charge in [0.15, 0.2) is 0 Å². The summed E-state index contributed by atoms with van der Waals surface area (Å²) in [6.45, 7) is 6.90. The van der Waals surface area contributed by atoms with Crippen LogP contribution in [-0.4, -0.2) is 34.3 Å². The van der Waals surface area contributed by atoms with Gasteiger partial charge in [0.25, 0.3) is 11.9 Å². The molecular weight excluding hydrogens is 300 g/mol. The standard InChI is InChI=1S/C12H17NO4Si.C3H7N/c1-8(13)11-6-4-5-7-12(11)18(16-9(2)14)17-10(3)15;1-2-4-3-1/h4-8,18H,13H2,1-3H3;4H,1-3H2. The van der Waals surface area contributed by atoms with Crippen LogP contribution in [0.15, 0.2) is 24.3 Å². The highest BCUT2D eigenvalue weighted by molar-refractivity contribution is 6.64. The van der Waals surface area contributed by atoms with Crippen LogP contribution in [0.2, 0.25) is 0 Å². The van der Waals surface area contributed by atoms with E-state index in [4.69, 9.17) is 14.6 Å². The lowest BCUT2D eigenvalue weighted by Crippen LogP contribution is -2.42. The molecular formula is C15H24N2O4Si. The Morgan fingerprint density at radius 1 is 1.18 bits per heavy atom. The first-order valence-electron chi connectivity index (χ1n) is 7.31. The maximum atomic E-state index is 11.1. The number of hydrogen-bond acceptors (Lipinski definition) is 6. The van der Waals surface area contributed by atoms with Crippen molar-refractivity contribution < 1.29 is 18.4 Å². The van der Waals surface area contributed by atoms with Gasteiger partial charge in [-0.15, -0.1) is 0 Å². The molecule has 0 amide bonds. The Labute approximate surface area is 132 Å². The number of hydrogen-bond donors (Lipinski definition) is 2. The molecule has 1 aromatic rings. The Kier molecular flexibility index (Phi) is 7.79. The van der Waals surface area contributed by atoms with Crippen molar-refractivity contribution in [2.45, 2.75) is 33.2 Å². The average molecular weight is 324 g/mol. The summed E-state index contributed by atoms with van der Waals surface area (Å²) in [5, 5.41) is 3.83. The molecule has 1 unspecified atom stereocenters. The Balaban J connectivity index is 0.000000519. The van der Waals surface area contributed by atoms with E-state index in [2.05, 4.69) is 5.32 Å². The van der Waals surface area contributed by atoms with Crippen LogP contribution in [0.25, 0.3) is 0 Å². The molecule has 0 saturated carbocycles. The van der Waals surface area contributed by atoms with E-state index in [1.165, 1.54) is 33.4 Å². The second kappa shape index (κ2) is 9.34. The number of benzene rings is 1. The predicted octanol–water partition coefficient (Wildman–Crippen LogP) is 0.240. The maximum absolute atomic E-state index is 11.1. The molecule has 0 spiro atoms. The molecule has 7 heteroatoms. The summed E-state index contributed by atoms with van der Waals surface area (Å²) >= 11 is 0. The van der Waals surface area contributed by atoms with Gasteiger partial charge in [0, 0.05) is 25.1 Å². The number of carbonyl (C=O) groups is 2. The van der Waals surface area contributed by atoms with Crippen molar-refractivity contribution in [3.63, 3.8) is 0 Å². The van der Waals surface area contributed by atoms with E-state index in [0.29, 0.717) is 0 Å². The summed E-state index contributed by atoms with van der Waals surface area (Å²) in [7, 11) is -2.58. The molecule has 0 bridgehead atoms. The summed E-state index contributed by atoms with van der Waals surface area (Å²) in [5.74, 6) is -0.931. The van der Waals surface area contributed by atoms with Gasteiger partial charge in [-0.25, -0.2) is 0 Å². The second-order valence-corrected chi connectivity index (χ2v) is 6.83. The van der Waals surface area contributed by atoms with Crippen molar-refractivity contribution in [3.05, 3.63) is 29.8 Å².